The number of aryl methyl sites for hydroxylation is 1. The lowest BCUT2D eigenvalue weighted by Gasteiger charge is -2.24. The van der Waals surface area contributed by atoms with Crippen molar-refractivity contribution in [3.8, 4) is 5.75 Å². The smallest absolute Gasteiger partial charge is 0.295 e. The SMILES string of the molecule is COCCN1C(=O)C(=O)C(=C(O)c2ccc(OCc3ccccc3)cc2C)[C@@H]1c1cccnc1. The zero-order chi connectivity index (χ0) is 24.1. The minimum absolute atomic E-state index is 0.0372. The van der Waals surface area contributed by atoms with Crippen molar-refractivity contribution < 1.29 is 24.2 Å². The molecule has 34 heavy (non-hydrogen) atoms. The number of methoxy groups -OCH3 is 1. The van der Waals surface area contributed by atoms with E-state index in [4.69, 9.17) is 9.47 Å². The second-order valence-electron chi connectivity index (χ2n) is 8.02. The van der Waals surface area contributed by atoms with Crippen LogP contribution < -0.4 is 4.74 Å². The maximum Gasteiger partial charge on any atom is 0.295 e. The molecule has 0 bridgehead atoms. The molecule has 2 heterocycles. The molecule has 3 aromatic rings. The van der Waals surface area contributed by atoms with Gasteiger partial charge in [0.15, 0.2) is 0 Å². The summed E-state index contributed by atoms with van der Waals surface area (Å²) in [6.45, 7) is 2.71. The summed E-state index contributed by atoms with van der Waals surface area (Å²) in [7, 11) is 1.53. The molecule has 4 rings (SSSR count). The number of amides is 1. The number of ether oxygens (including phenoxy) is 2. The number of Topliss-reactive ketones (excluding diaryl/α,β-unsaturated/α-hetero) is 1. The fourth-order valence-corrected chi connectivity index (χ4v) is 4.06. The van der Waals surface area contributed by atoms with Crippen LogP contribution in [-0.2, 0) is 20.9 Å². The van der Waals surface area contributed by atoms with Gasteiger partial charge >= 0.3 is 0 Å². The Labute approximate surface area is 198 Å². The van der Waals surface area contributed by atoms with Gasteiger partial charge in [-0.05, 0) is 47.9 Å². The molecule has 0 unspecified atom stereocenters. The number of aromatic nitrogens is 1. The van der Waals surface area contributed by atoms with E-state index < -0.39 is 17.7 Å². The summed E-state index contributed by atoms with van der Waals surface area (Å²) in [6.07, 6.45) is 3.21. The van der Waals surface area contributed by atoms with Crippen LogP contribution in [0.5, 0.6) is 5.75 Å². The number of hydrogen-bond donors (Lipinski definition) is 1. The lowest BCUT2D eigenvalue weighted by molar-refractivity contribution is -0.140. The third kappa shape index (κ3) is 4.70. The molecule has 174 valence electrons. The quantitative estimate of drug-likeness (QED) is 0.311. The van der Waals surface area contributed by atoms with Gasteiger partial charge in [-0.3, -0.25) is 14.6 Å². The van der Waals surface area contributed by atoms with Crippen LogP contribution >= 0.6 is 0 Å². The van der Waals surface area contributed by atoms with Crippen LogP contribution in [0.2, 0.25) is 0 Å². The van der Waals surface area contributed by atoms with E-state index in [1.54, 1.807) is 42.7 Å². The minimum Gasteiger partial charge on any atom is -0.507 e. The topological polar surface area (TPSA) is 89.0 Å². The highest BCUT2D eigenvalue weighted by molar-refractivity contribution is 6.46. The van der Waals surface area contributed by atoms with E-state index in [2.05, 4.69) is 4.98 Å². The Hall–Kier alpha value is -3.97. The minimum atomic E-state index is -0.753. The van der Waals surface area contributed by atoms with Gasteiger partial charge in [-0.15, -0.1) is 0 Å². The number of aliphatic hydroxyl groups excluding tert-OH is 1. The summed E-state index contributed by atoms with van der Waals surface area (Å²) in [5.74, 6) is -0.985. The highest BCUT2D eigenvalue weighted by Crippen LogP contribution is 2.39. The number of nitrogens with zero attached hydrogens (tertiary/aromatic N) is 2. The second kappa shape index (κ2) is 10.3. The third-order valence-corrected chi connectivity index (χ3v) is 5.78. The molecule has 1 fully saturated rings. The Balaban J connectivity index is 1.68. The fourth-order valence-electron chi connectivity index (χ4n) is 4.06. The van der Waals surface area contributed by atoms with Crippen molar-refractivity contribution in [2.45, 2.75) is 19.6 Å². The summed E-state index contributed by atoms with van der Waals surface area (Å²) in [5.41, 5.74) is 2.90. The van der Waals surface area contributed by atoms with Crippen molar-refractivity contribution >= 4 is 17.4 Å². The third-order valence-electron chi connectivity index (χ3n) is 5.78. The molecule has 1 amide bonds. The molecular formula is C27H26N2O5. The molecule has 0 saturated carbocycles. The Morgan fingerprint density at radius 3 is 2.56 bits per heavy atom. The first-order valence-corrected chi connectivity index (χ1v) is 11.0. The molecule has 0 spiro atoms. The van der Waals surface area contributed by atoms with E-state index in [0.29, 0.717) is 23.5 Å². The van der Waals surface area contributed by atoms with E-state index >= 15 is 0 Å². The lowest BCUT2D eigenvalue weighted by Crippen LogP contribution is -2.32. The van der Waals surface area contributed by atoms with Gasteiger partial charge in [0.1, 0.15) is 18.1 Å². The van der Waals surface area contributed by atoms with E-state index in [1.165, 1.54) is 12.0 Å². The van der Waals surface area contributed by atoms with Crippen LogP contribution in [0, 0.1) is 6.92 Å². The zero-order valence-corrected chi connectivity index (χ0v) is 19.1. The van der Waals surface area contributed by atoms with Gasteiger partial charge in [0.25, 0.3) is 11.7 Å². The van der Waals surface area contributed by atoms with Crippen LogP contribution in [0.25, 0.3) is 5.76 Å². The molecule has 1 atom stereocenters. The molecular weight excluding hydrogens is 432 g/mol. The van der Waals surface area contributed by atoms with Crippen LogP contribution in [0.1, 0.15) is 28.3 Å². The van der Waals surface area contributed by atoms with Gasteiger partial charge in [0, 0.05) is 31.6 Å². The Morgan fingerprint density at radius 1 is 1.09 bits per heavy atom. The summed E-state index contributed by atoms with van der Waals surface area (Å²) in [6, 6.07) is 17.8. The first-order valence-electron chi connectivity index (χ1n) is 11.0. The maximum atomic E-state index is 13.0. The van der Waals surface area contributed by atoms with Crippen molar-refractivity contribution in [1.29, 1.82) is 0 Å². The lowest BCUT2D eigenvalue weighted by atomic mass is 9.94. The summed E-state index contributed by atoms with van der Waals surface area (Å²) in [4.78, 5) is 31.4. The predicted molar refractivity (Wildman–Crippen MR) is 127 cm³/mol. The predicted octanol–water partition coefficient (Wildman–Crippen LogP) is 4.04. The molecule has 7 heteroatoms. The molecule has 1 aliphatic rings. The average Bonchev–Trinajstić information content (AvgIpc) is 3.12. The number of aliphatic hydroxyl groups is 1. The number of rotatable bonds is 8. The number of likely N-dealkylation sites (tertiary alicyclic amines) is 1. The van der Waals surface area contributed by atoms with Gasteiger partial charge in [-0.1, -0.05) is 36.4 Å². The highest BCUT2D eigenvalue weighted by Gasteiger charge is 2.46. The molecule has 7 nitrogen and oxygen atoms in total. The van der Waals surface area contributed by atoms with Crippen LogP contribution in [0.4, 0.5) is 0 Å². The van der Waals surface area contributed by atoms with E-state index in [0.717, 1.165) is 11.1 Å². The van der Waals surface area contributed by atoms with Gasteiger partial charge in [0.05, 0.1) is 18.2 Å². The average molecular weight is 459 g/mol. The Morgan fingerprint density at radius 2 is 1.88 bits per heavy atom. The molecule has 2 aromatic carbocycles. The molecule has 1 aliphatic heterocycles. The Kier molecular flexibility index (Phi) is 7.04. The van der Waals surface area contributed by atoms with E-state index in [9.17, 15) is 14.7 Å². The van der Waals surface area contributed by atoms with Gasteiger partial charge in [0.2, 0.25) is 0 Å². The van der Waals surface area contributed by atoms with Crippen LogP contribution in [0.15, 0.2) is 78.6 Å². The van der Waals surface area contributed by atoms with Crippen LogP contribution in [0.3, 0.4) is 0 Å². The fraction of sp³-hybridized carbons (Fsp3) is 0.222. The second-order valence-corrected chi connectivity index (χ2v) is 8.02. The van der Waals surface area contributed by atoms with Crippen molar-refractivity contribution in [3.63, 3.8) is 0 Å². The number of benzene rings is 2. The molecule has 1 N–H and O–H groups in total. The van der Waals surface area contributed by atoms with Gasteiger partial charge in [-0.25, -0.2) is 0 Å². The molecule has 0 aliphatic carbocycles. The number of ketones is 1. The van der Waals surface area contributed by atoms with Gasteiger partial charge < -0.3 is 19.5 Å². The molecule has 1 saturated heterocycles. The summed E-state index contributed by atoms with van der Waals surface area (Å²) >= 11 is 0. The first-order chi connectivity index (χ1) is 16.5. The van der Waals surface area contributed by atoms with Gasteiger partial charge in [-0.2, -0.15) is 0 Å². The normalized spacial score (nSPS) is 17.2. The maximum absolute atomic E-state index is 13.0. The van der Waals surface area contributed by atoms with Crippen LogP contribution in [-0.4, -0.2) is 46.9 Å². The van der Waals surface area contributed by atoms with Crippen molar-refractivity contribution in [1.82, 2.24) is 9.88 Å². The molecule has 1 aromatic heterocycles. The zero-order valence-electron chi connectivity index (χ0n) is 19.1. The molecule has 0 radical (unpaired) electrons. The number of carbonyl (C=O) groups is 2. The van der Waals surface area contributed by atoms with Crippen molar-refractivity contribution in [2.24, 2.45) is 0 Å². The van der Waals surface area contributed by atoms with Crippen molar-refractivity contribution in [3.05, 3.63) is 101 Å². The number of pyridine rings is 1. The monoisotopic (exact) mass is 458 g/mol. The highest BCUT2D eigenvalue weighted by atomic mass is 16.5. The van der Waals surface area contributed by atoms with E-state index in [1.807, 2.05) is 37.3 Å². The first kappa shape index (κ1) is 23.2. The van der Waals surface area contributed by atoms with Crippen molar-refractivity contribution in [2.75, 3.05) is 20.3 Å². The summed E-state index contributed by atoms with van der Waals surface area (Å²) < 4.78 is 11.0. The standard InChI is InChI=1S/C27H26N2O5/c1-18-15-21(34-17-19-7-4-3-5-8-19)10-11-22(18)25(30)23-24(20-9-6-12-28-16-20)29(13-14-33-2)27(32)26(23)31/h3-12,15-16,24,30H,13-14,17H2,1-2H3/t24-/m0/s1. The van der Waals surface area contributed by atoms with E-state index in [-0.39, 0.29) is 24.5 Å². The number of carbonyl (C=O) groups excluding carboxylic acids is 2. The largest absolute Gasteiger partial charge is 0.507 e. The Bertz CT molecular complexity index is 1210. The summed E-state index contributed by atoms with van der Waals surface area (Å²) in [5, 5.41) is 11.3. The number of hydrogen-bond acceptors (Lipinski definition) is 6.